The summed E-state index contributed by atoms with van der Waals surface area (Å²) in [6, 6.07) is 20.1. The van der Waals surface area contributed by atoms with E-state index in [9.17, 15) is 9.59 Å². The molecule has 38 heavy (non-hydrogen) atoms. The molecule has 1 saturated carbocycles. The van der Waals surface area contributed by atoms with Gasteiger partial charge in [-0.15, -0.1) is 0 Å². The van der Waals surface area contributed by atoms with Gasteiger partial charge in [0.15, 0.2) is 12.6 Å². The standard InChI is InChI=1S/C30H39N2O3.CH2O2/c1-31(26-14-8-5-9-15-26)28(33)23-32-20-16-24(17-21-32)27(22-32)35-29(34)30(18-10-2-3-11-19-30)25-12-6-4-7-13-25;2-1-3/h4-9,12-15,24,27H,2-3,10-11,16-23H2,1H3;1H,(H,2,3)/q+1;/p-1. The zero-order valence-corrected chi connectivity index (χ0v) is 22.4. The van der Waals surface area contributed by atoms with Gasteiger partial charge in [-0.05, 0) is 30.5 Å². The second-order valence-corrected chi connectivity index (χ2v) is 11.2. The van der Waals surface area contributed by atoms with Gasteiger partial charge in [-0.25, -0.2) is 0 Å². The highest BCUT2D eigenvalue weighted by molar-refractivity contribution is 5.93. The third kappa shape index (κ3) is 6.09. The van der Waals surface area contributed by atoms with E-state index in [1.54, 1.807) is 4.90 Å². The topological polar surface area (TPSA) is 86.7 Å². The number of esters is 1. The fourth-order valence-electron chi connectivity index (χ4n) is 6.72. The van der Waals surface area contributed by atoms with Crippen LogP contribution in [0.4, 0.5) is 5.69 Å². The number of benzene rings is 2. The summed E-state index contributed by atoms with van der Waals surface area (Å²) in [7, 11) is 1.86. The predicted molar refractivity (Wildman–Crippen MR) is 144 cm³/mol. The summed E-state index contributed by atoms with van der Waals surface area (Å²) in [6.45, 7) is 2.72. The number of anilines is 1. The SMILES string of the molecule is CN(C(=O)C[N+]12CCC(CC1)C(OC(=O)C1(c3ccccc3)CCCCCC1)C2)c1ccccc1.O=C[O-]. The number of likely N-dealkylation sites (N-methyl/N-ethyl adjacent to an activating group) is 1. The smallest absolute Gasteiger partial charge is 0.317 e. The number of quaternary nitrogens is 1. The van der Waals surface area contributed by atoms with Crippen LogP contribution >= 0.6 is 0 Å². The monoisotopic (exact) mass is 520 g/mol. The molecule has 2 aromatic carbocycles. The normalized spacial score (nSPS) is 25.7. The van der Waals surface area contributed by atoms with E-state index in [0.29, 0.717) is 12.5 Å². The number of carbonyl (C=O) groups excluding carboxylic acids is 3. The first kappa shape index (κ1) is 27.8. The van der Waals surface area contributed by atoms with E-state index in [0.717, 1.165) is 73.9 Å². The third-order valence-corrected chi connectivity index (χ3v) is 8.96. The fourth-order valence-corrected chi connectivity index (χ4v) is 6.72. The molecule has 3 saturated heterocycles. The number of carboxylic acid groups (broad SMARTS) is 1. The molecule has 3 aliphatic heterocycles. The Morgan fingerprint density at radius 1 is 0.974 bits per heavy atom. The molecule has 0 spiro atoms. The molecule has 1 unspecified atom stereocenters. The molecule has 4 fully saturated rings. The zero-order chi connectivity index (χ0) is 27.0. The van der Waals surface area contributed by atoms with E-state index in [1.165, 1.54) is 12.8 Å². The lowest BCUT2D eigenvalue weighted by molar-refractivity contribution is -0.939. The first-order valence-electron chi connectivity index (χ1n) is 13.9. The summed E-state index contributed by atoms with van der Waals surface area (Å²) in [6.07, 6.45) is 8.20. The number of rotatable bonds is 6. The summed E-state index contributed by atoms with van der Waals surface area (Å²) < 4.78 is 7.19. The number of para-hydroxylation sites is 1. The Kier molecular flexibility index (Phi) is 9.21. The number of nitrogens with zero attached hydrogens (tertiary/aromatic N) is 2. The van der Waals surface area contributed by atoms with Crippen molar-refractivity contribution < 1.29 is 28.7 Å². The van der Waals surface area contributed by atoms with E-state index >= 15 is 0 Å². The number of fused-ring (bicyclic) bond motifs is 3. The van der Waals surface area contributed by atoms with Gasteiger partial charge >= 0.3 is 5.97 Å². The molecule has 0 radical (unpaired) electrons. The average Bonchev–Trinajstić information content (AvgIpc) is 3.22. The Labute approximate surface area is 226 Å². The molecule has 204 valence electrons. The number of hydrogen-bond donors (Lipinski definition) is 0. The quantitative estimate of drug-likeness (QED) is 0.252. The molecule has 0 aromatic heterocycles. The maximum atomic E-state index is 13.9. The van der Waals surface area contributed by atoms with Gasteiger partial charge in [0, 0.05) is 38.0 Å². The highest BCUT2D eigenvalue weighted by Crippen LogP contribution is 2.42. The van der Waals surface area contributed by atoms with Crippen molar-refractivity contribution in [3.63, 3.8) is 0 Å². The molecule has 4 aliphatic rings. The van der Waals surface area contributed by atoms with Crippen molar-refractivity contribution in [3.05, 3.63) is 66.2 Å². The van der Waals surface area contributed by atoms with E-state index < -0.39 is 11.9 Å². The minimum atomic E-state index is -0.530. The summed E-state index contributed by atoms with van der Waals surface area (Å²) in [5.74, 6) is 0.515. The maximum absolute atomic E-state index is 13.9. The van der Waals surface area contributed by atoms with Crippen molar-refractivity contribution >= 4 is 24.0 Å². The molecule has 7 nitrogen and oxygen atoms in total. The minimum Gasteiger partial charge on any atom is -0.554 e. The summed E-state index contributed by atoms with van der Waals surface area (Å²) >= 11 is 0. The number of amides is 1. The number of hydrogen-bond acceptors (Lipinski definition) is 5. The van der Waals surface area contributed by atoms with Crippen molar-refractivity contribution in [2.75, 3.05) is 38.1 Å². The first-order chi connectivity index (χ1) is 18.4. The van der Waals surface area contributed by atoms with Crippen molar-refractivity contribution in [2.24, 2.45) is 5.92 Å². The first-order valence-corrected chi connectivity index (χ1v) is 13.9. The number of carbonyl (C=O) groups is 3. The lowest BCUT2D eigenvalue weighted by atomic mass is 9.74. The lowest BCUT2D eigenvalue weighted by Crippen LogP contribution is -2.67. The van der Waals surface area contributed by atoms with Crippen LogP contribution in [-0.4, -0.2) is 62.2 Å². The van der Waals surface area contributed by atoms with Crippen LogP contribution in [0.25, 0.3) is 0 Å². The Morgan fingerprint density at radius 2 is 1.53 bits per heavy atom. The van der Waals surface area contributed by atoms with Crippen molar-refractivity contribution in [1.82, 2.24) is 0 Å². The fraction of sp³-hybridized carbons (Fsp3) is 0.516. The largest absolute Gasteiger partial charge is 0.554 e. The molecule has 0 N–H and O–H groups in total. The van der Waals surface area contributed by atoms with Gasteiger partial charge in [-0.1, -0.05) is 74.2 Å². The molecule has 7 heteroatoms. The summed E-state index contributed by atoms with van der Waals surface area (Å²) in [4.78, 5) is 37.2. The highest BCUT2D eigenvalue weighted by Gasteiger charge is 2.51. The van der Waals surface area contributed by atoms with Crippen LogP contribution in [0.15, 0.2) is 60.7 Å². The van der Waals surface area contributed by atoms with Gasteiger partial charge in [-0.2, -0.15) is 0 Å². The molecule has 2 bridgehead atoms. The van der Waals surface area contributed by atoms with Gasteiger partial charge in [0.05, 0.1) is 18.5 Å². The Hall–Kier alpha value is -3.19. The summed E-state index contributed by atoms with van der Waals surface area (Å²) in [5, 5.41) is 8.25. The second-order valence-electron chi connectivity index (χ2n) is 11.2. The Morgan fingerprint density at radius 3 is 2.11 bits per heavy atom. The predicted octanol–water partition coefficient (Wildman–Crippen LogP) is 3.46. The van der Waals surface area contributed by atoms with Gasteiger partial charge in [0.25, 0.3) is 5.91 Å². The Balaban J connectivity index is 0.00000107. The van der Waals surface area contributed by atoms with Crippen LogP contribution < -0.4 is 10.0 Å². The molecule has 2 aromatic rings. The second kappa shape index (κ2) is 12.6. The van der Waals surface area contributed by atoms with Crippen molar-refractivity contribution in [3.8, 4) is 0 Å². The molecular formula is C31H40N2O5. The van der Waals surface area contributed by atoms with Crippen LogP contribution in [0.5, 0.6) is 0 Å². The van der Waals surface area contributed by atoms with Crippen LogP contribution in [-0.2, 0) is 24.5 Å². The van der Waals surface area contributed by atoms with E-state index in [-0.39, 0.29) is 18.0 Å². The molecule has 1 amide bonds. The average molecular weight is 521 g/mol. The van der Waals surface area contributed by atoms with Crippen LogP contribution in [0, 0.1) is 5.92 Å². The van der Waals surface area contributed by atoms with E-state index in [4.69, 9.17) is 14.6 Å². The van der Waals surface area contributed by atoms with Gasteiger partial charge in [-0.3, -0.25) is 9.59 Å². The van der Waals surface area contributed by atoms with Crippen LogP contribution in [0.1, 0.15) is 56.9 Å². The van der Waals surface area contributed by atoms with Crippen molar-refractivity contribution in [2.45, 2.75) is 62.9 Å². The molecule has 6 rings (SSSR count). The van der Waals surface area contributed by atoms with E-state index in [1.807, 2.05) is 55.6 Å². The van der Waals surface area contributed by atoms with Gasteiger partial charge in [0.1, 0.15) is 6.54 Å². The van der Waals surface area contributed by atoms with Crippen LogP contribution in [0.3, 0.4) is 0 Å². The molecular weight excluding hydrogens is 480 g/mol. The lowest BCUT2D eigenvalue weighted by Gasteiger charge is -2.52. The number of piperidine rings is 3. The molecule has 1 aliphatic carbocycles. The van der Waals surface area contributed by atoms with E-state index in [2.05, 4.69) is 12.1 Å². The minimum absolute atomic E-state index is 0.0322. The maximum Gasteiger partial charge on any atom is 0.317 e. The van der Waals surface area contributed by atoms with Crippen molar-refractivity contribution in [1.29, 1.82) is 0 Å². The molecule has 3 heterocycles. The highest BCUT2D eigenvalue weighted by atomic mass is 16.5. The zero-order valence-electron chi connectivity index (χ0n) is 22.4. The Bertz CT molecular complexity index is 1060. The summed E-state index contributed by atoms with van der Waals surface area (Å²) in [5.41, 5.74) is 1.50. The number of ether oxygens (including phenoxy) is 1. The third-order valence-electron chi connectivity index (χ3n) is 8.96. The van der Waals surface area contributed by atoms with Gasteiger partial charge in [0.2, 0.25) is 0 Å². The molecule has 1 atom stereocenters. The van der Waals surface area contributed by atoms with Crippen LogP contribution in [0.2, 0.25) is 0 Å². The van der Waals surface area contributed by atoms with Gasteiger partial charge < -0.3 is 24.0 Å².